The number of hydrogen-bond donors (Lipinski definition) is 0. The number of carbonyl (C=O) groups excluding carboxylic acids is 1. The SMILES string of the molecule is C=C(C)C(=O)OCCOCCOCCOc1ccc([N+](=O)[O-])cc1. The molecular formula is C16H21NO7. The number of hydrogen-bond acceptors (Lipinski definition) is 7. The van der Waals surface area contributed by atoms with E-state index in [1.165, 1.54) is 24.3 Å². The minimum absolute atomic E-state index is 0.0182. The van der Waals surface area contributed by atoms with Crippen LogP contribution in [0.3, 0.4) is 0 Å². The molecule has 8 nitrogen and oxygen atoms in total. The van der Waals surface area contributed by atoms with E-state index in [2.05, 4.69) is 6.58 Å². The number of nitrogens with zero attached hydrogens (tertiary/aromatic N) is 1. The predicted octanol–water partition coefficient (Wildman–Crippen LogP) is 2.13. The van der Waals surface area contributed by atoms with E-state index in [0.717, 1.165) is 0 Å². The smallest absolute Gasteiger partial charge is 0.333 e. The molecule has 0 bridgehead atoms. The molecular weight excluding hydrogens is 318 g/mol. The number of carbonyl (C=O) groups is 1. The molecule has 8 heteroatoms. The topological polar surface area (TPSA) is 97.1 Å². The van der Waals surface area contributed by atoms with Gasteiger partial charge in [-0.25, -0.2) is 4.79 Å². The largest absolute Gasteiger partial charge is 0.491 e. The van der Waals surface area contributed by atoms with Crippen LogP contribution in [0.15, 0.2) is 36.4 Å². The van der Waals surface area contributed by atoms with E-state index in [1.807, 2.05) is 0 Å². The van der Waals surface area contributed by atoms with Crippen LogP contribution in [0.2, 0.25) is 0 Å². The number of nitro benzene ring substituents is 1. The first-order chi connectivity index (χ1) is 11.5. The van der Waals surface area contributed by atoms with E-state index in [0.29, 0.717) is 44.4 Å². The number of ether oxygens (including phenoxy) is 4. The summed E-state index contributed by atoms with van der Waals surface area (Å²) in [5.74, 6) is 0.109. The Morgan fingerprint density at radius 2 is 1.58 bits per heavy atom. The van der Waals surface area contributed by atoms with Crippen molar-refractivity contribution < 1.29 is 28.7 Å². The minimum Gasteiger partial charge on any atom is -0.491 e. The van der Waals surface area contributed by atoms with Gasteiger partial charge in [-0.05, 0) is 19.1 Å². The van der Waals surface area contributed by atoms with E-state index in [-0.39, 0.29) is 12.3 Å². The molecule has 0 saturated heterocycles. The highest BCUT2D eigenvalue weighted by Gasteiger charge is 2.04. The van der Waals surface area contributed by atoms with Crippen LogP contribution in [0, 0.1) is 10.1 Å². The molecule has 1 aromatic rings. The summed E-state index contributed by atoms with van der Waals surface area (Å²) >= 11 is 0. The Bertz CT molecular complexity index is 542. The first kappa shape index (κ1) is 19.6. The zero-order chi connectivity index (χ0) is 17.8. The van der Waals surface area contributed by atoms with Gasteiger partial charge in [-0.1, -0.05) is 6.58 Å². The average Bonchev–Trinajstić information content (AvgIpc) is 2.56. The van der Waals surface area contributed by atoms with E-state index in [4.69, 9.17) is 18.9 Å². The maximum atomic E-state index is 11.1. The molecule has 0 fully saturated rings. The Kier molecular flexibility index (Phi) is 9.10. The Morgan fingerprint density at radius 3 is 2.12 bits per heavy atom. The molecule has 132 valence electrons. The summed E-state index contributed by atoms with van der Waals surface area (Å²) in [5.41, 5.74) is 0.371. The van der Waals surface area contributed by atoms with Crippen LogP contribution in [0.5, 0.6) is 5.75 Å². The fraction of sp³-hybridized carbons (Fsp3) is 0.438. The molecule has 0 amide bonds. The molecule has 0 N–H and O–H groups in total. The van der Waals surface area contributed by atoms with Crippen molar-refractivity contribution in [3.63, 3.8) is 0 Å². The normalized spacial score (nSPS) is 10.2. The quantitative estimate of drug-likeness (QED) is 0.189. The molecule has 0 aromatic heterocycles. The van der Waals surface area contributed by atoms with Crippen LogP contribution < -0.4 is 4.74 Å². The van der Waals surface area contributed by atoms with Crippen LogP contribution in [0.25, 0.3) is 0 Å². The highest BCUT2D eigenvalue weighted by Crippen LogP contribution is 2.16. The Balaban J connectivity index is 1.96. The lowest BCUT2D eigenvalue weighted by molar-refractivity contribution is -0.384. The molecule has 0 spiro atoms. The van der Waals surface area contributed by atoms with Crippen molar-refractivity contribution in [3.05, 3.63) is 46.5 Å². The predicted molar refractivity (Wildman–Crippen MR) is 86.0 cm³/mol. The van der Waals surface area contributed by atoms with Gasteiger partial charge < -0.3 is 18.9 Å². The monoisotopic (exact) mass is 339 g/mol. The van der Waals surface area contributed by atoms with Crippen LogP contribution in [-0.4, -0.2) is 50.5 Å². The molecule has 24 heavy (non-hydrogen) atoms. The number of esters is 1. The van der Waals surface area contributed by atoms with Gasteiger partial charge in [0, 0.05) is 17.7 Å². The zero-order valence-electron chi connectivity index (χ0n) is 13.6. The van der Waals surface area contributed by atoms with Gasteiger partial charge in [-0.3, -0.25) is 10.1 Å². The average molecular weight is 339 g/mol. The Labute approximate surface area is 140 Å². The lowest BCUT2D eigenvalue weighted by Crippen LogP contribution is -2.14. The van der Waals surface area contributed by atoms with Crippen molar-refractivity contribution in [2.24, 2.45) is 0 Å². The summed E-state index contributed by atoms with van der Waals surface area (Å²) in [4.78, 5) is 21.1. The van der Waals surface area contributed by atoms with Gasteiger partial charge in [0.15, 0.2) is 0 Å². The van der Waals surface area contributed by atoms with Gasteiger partial charge in [0.1, 0.15) is 19.0 Å². The molecule has 0 saturated carbocycles. The molecule has 0 atom stereocenters. The first-order valence-electron chi connectivity index (χ1n) is 7.36. The van der Waals surface area contributed by atoms with Crippen molar-refractivity contribution >= 4 is 11.7 Å². The standard InChI is InChI=1S/C16H21NO7/c1-13(2)16(18)24-12-10-22-8-7-21-9-11-23-15-5-3-14(4-6-15)17(19)20/h3-6H,1,7-12H2,2H3. The molecule has 0 aliphatic carbocycles. The maximum Gasteiger partial charge on any atom is 0.333 e. The molecule has 0 unspecified atom stereocenters. The zero-order valence-corrected chi connectivity index (χ0v) is 13.6. The fourth-order valence-corrected chi connectivity index (χ4v) is 1.52. The molecule has 1 rings (SSSR count). The summed E-state index contributed by atoms with van der Waals surface area (Å²) in [6, 6.07) is 5.83. The van der Waals surface area contributed by atoms with Crippen LogP contribution >= 0.6 is 0 Å². The van der Waals surface area contributed by atoms with Crippen molar-refractivity contribution in [3.8, 4) is 5.75 Å². The van der Waals surface area contributed by atoms with Crippen molar-refractivity contribution in [2.45, 2.75) is 6.92 Å². The van der Waals surface area contributed by atoms with Crippen LogP contribution in [-0.2, 0) is 19.0 Å². The van der Waals surface area contributed by atoms with Crippen molar-refractivity contribution in [1.29, 1.82) is 0 Å². The highest BCUT2D eigenvalue weighted by molar-refractivity contribution is 5.86. The Hall–Kier alpha value is -2.45. The van der Waals surface area contributed by atoms with E-state index >= 15 is 0 Å². The summed E-state index contributed by atoms with van der Waals surface area (Å²) in [6.07, 6.45) is 0. The van der Waals surface area contributed by atoms with Gasteiger partial charge in [-0.15, -0.1) is 0 Å². The van der Waals surface area contributed by atoms with Gasteiger partial charge in [0.25, 0.3) is 5.69 Å². The second-order valence-corrected chi connectivity index (χ2v) is 4.74. The van der Waals surface area contributed by atoms with E-state index in [9.17, 15) is 14.9 Å². The van der Waals surface area contributed by atoms with Crippen molar-refractivity contribution in [1.82, 2.24) is 0 Å². The molecule has 1 aromatic carbocycles. The molecule has 0 heterocycles. The molecule has 0 aliphatic heterocycles. The third-order valence-corrected chi connectivity index (χ3v) is 2.73. The second kappa shape index (κ2) is 11.1. The number of benzene rings is 1. The van der Waals surface area contributed by atoms with Gasteiger partial charge in [0.05, 0.1) is 31.4 Å². The summed E-state index contributed by atoms with van der Waals surface area (Å²) in [6.45, 7) is 6.97. The van der Waals surface area contributed by atoms with Crippen molar-refractivity contribution in [2.75, 3.05) is 39.6 Å². The van der Waals surface area contributed by atoms with Gasteiger partial charge in [0.2, 0.25) is 0 Å². The number of rotatable bonds is 12. The third kappa shape index (κ3) is 8.25. The summed E-state index contributed by atoms with van der Waals surface area (Å²) in [5, 5.41) is 10.5. The minimum atomic E-state index is -0.466. The lowest BCUT2D eigenvalue weighted by atomic mass is 10.3. The van der Waals surface area contributed by atoms with Crippen LogP contribution in [0.4, 0.5) is 5.69 Å². The van der Waals surface area contributed by atoms with Gasteiger partial charge in [-0.2, -0.15) is 0 Å². The third-order valence-electron chi connectivity index (χ3n) is 2.73. The fourth-order valence-electron chi connectivity index (χ4n) is 1.52. The highest BCUT2D eigenvalue weighted by atomic mass is 16.6. The number of nitro groups is 1. The van der Waals surface area contributed by atoms with Gasteiger partial charge >= 0.3 is 5.97 Å². The lowest BCUT2D eigenvalue weighted by Gasteiger charge is -2.08. The molecule has 0 radical (unpaired) electrons. The maximum absolute atomic E-state index is 11.1. The van der Waals surface area contributed by atoms with E-state index < -0.39 is 10.9 Å². The first-order valence-corrected chi connectivity index (χ1v) is 7.36. The number of non-ortho nitro benzene ring substituents is 1. The van der Waals surface area contributed by atoms with Crippen LogP contribution in [0.1, 0.15) is 6.92 Å². The summed E-state index contributed by atoms with van der Waals surface area (Å²) in [7, 11) is 0. The van der Waals surface area contributed by atoms with E-state index in [1.54, 1.807) is 6.92 Å². The molecule has 0 aliphatic rings. The Morgan fingerprint density at radius 1 is 1.04 bits per heavy atom. The summed E-state index contributed by atoms with van der Waals surface area (Å²) < 4.78 is 20.8. The second-order valence-electron chi connectivity index (χ2n) is 4.74.